The molecule has 4 aliphatic carbocycles. The molecule has 0 amide bonds. The summed E-state index contributed by atoms with van der Waals surface area (Å²) >= 11 is 0. The van der Waals surface area contributed by atoms with E-state index in [1.807, 2.05) is 6.92 Å². The second-order valence-corrected chi connectivity index (χ2v) is 7.11. The topological polar surface area (TPSA) is 52.6 Å². The molecule has 0 aromatic rings. The highest BCUT2D eigenvalue weighted by atomic mass is 16.5. The van der Waals surface area contributed by atoms with Crippen molar-refractivity contribution in [3.05, 3.63) is 0 Å². The molecule has 118 valence electrons. The molecule has 4 bridgehead atoms. The Morgan fingerprint density at radius 3 is 2.05 bits per heavy atom. The first-order valence-corrected chi connectivity index (χ1v) is 8.50. The predicted molar refractivity (Wildman–Crippen MR) is 77.4 cm³/mol. The van der Waals surface area contributed by atoms with E-state index in [0.29, 0.717) is 18.4 Å². The predicted octanol–water partition coefficient (Wildman–Crippen LogP) is 3.09. The van der Waals surface area contributed by atoms with Crippen LogP contribution in [0.5, 0.6) is 0 Å². The Morgan fingerprint density at radius 1 is 0.905 bits per heavy atom. The molecular weight excluding hydrogens is 268 g/mol. The lowest BCUT2D eigenvalue weighted by atomic mass is 9.55. The standard InChI is InChI=1S/C17H26O4/c1-2-5-20-15(18)3-4-16(19)21-17-13-7-11-6-12(9-13)10-14(17)8-11/h11-14,17H,2-10H2,1H3. The van der Waals surface area contributed by atoms with Gasteiger partial charge in [0.05, 0.1) is 19.4 Å². The SMILES string of the molecule is CCCOC(=O)CCC(=O)OC1C2CC3CC(C2)CC1C3. The van der Waals surface area contributed by atoms with E-state index in [1.165, 1.54) is 32.1 Å². The molecule has 4 aliphatic rings. The summed E-state index contributed by atoms with van der Waals surface area (Å²) in [6.07, 6.45) is 7.59. The third-order valence-electron chi connectivity index (χ3n) is 5.41. The third kappa shape index (κ3) is 3.41. The molecule has 0 unspecified atom stereocenters. The first kappa shape index (κ1) is 14.9. The molecule has 4 fully saturated rings. The van der Waals surface area contributed by atoms with Crippen molar-refractivity contribution in [2.24, 2.45) is 23.7 Å². The molecule has 0 spiro atoms. The zero-order valence-electron chi connectivity index (χ0n) is 12.9. The average molecular weight is 294 g/mol. The van der Waals surface area contributed by atoms with E-state index in [0.717, 1.165) is 18.3 Å². The van der Waals surface area contributed by atoms with Crippen LogP contribution in [0.1, 0.15) is 58.3 Å². The minimum atomic E-state index is -0.293. The summed E-state index contributed by atoms with van der Waals surface area (Å²) in [5, 5.41) is 0. The molecule has 0 aliphatic heterocycles. The summed E-state index contributed by atoms with van der Waals surface area (Å²) < 4.78 is 10.7. The van der Waals surface area contributed by atoms with Crippen molar-refractivity contribution in [2.45, 2.75) is 64.4 Å². The second kappa shape index (κ2) is 6.37. The first-order chi connectivity index (χ1) is 10.2. The highest BCUT2D eigenvalue weighted by Gasteiger charge is 2.49. The molecule has 0 atom stereocenters. The summed E-state index contributed by atoms with van der Waals surface area (Å²) in [6, 6.07) is 0. The van der Waals surface area contributed by atoms with Crippen LogP contribution in [0.25, 0.3) is 0 Å². The zero-order chi connectivity index (χ0) is 14.8. The Kier molecular flexibility index (Phi) is 4.51. The summed E-state index contributed by atoms with van der Waals surface area (Å²) in [6.45, 7) is 2.39. The van der Waals surface area contributed by atoms with Crippen molar-refractivity contribution in [3.63, 3.8) is 0 Å². The van der Waals surface area contributed by atoms with Gasteiger partial charge in [-0.05, 0) is 62.2 Å². The maximum Gasteiger partial charge on any atom is 0.306 e. The molecule has 4 saturated carbocycles. The molecule has 4 rings (SSSR count). The Labute approximate surface area is 126 Å². The van der Waals surface area contributed by atoms with Crippen LogP contribution < -0.4 is 0 Å². The minimum Gasteiger partial charge on any atom is -0.466 e. The van der Waals surface area contributed by atoms with E-state index in [1.54, 1.807) is 0 Å². The number of ether oxygens (including phenoxy) is 2. The van der Waals surface area contributed by atoms with Gasteiger partial charge in [0.25, 0.3) is 0 Å². The molecule has 4 heteroatoms. The summed E-state index contributed by atoms with van der Waals surface area (Å²) in [4.78, 5) is 23.4. The van der Waals surface area contributed by atoms with Crippen LogP contribution in [0.3, 0.4) is 0 Å². The molecule has 0 radical (unpaired) electrons. The number of esters is 2. The fourth-order valence-corrected chi connectivity index (χ4v) is 4.77. The largest absolute Gasteiger partial charge is 0.466 e. The highest BCUT2D eigenvalue weighted by Crippen LogP contribution is 2.54. The van der Waals surface area contributed by atoms with E-state index >= 15 is 0 Å². The van der Waals surface area contributed by atoms with Crippen molar-refractivity contribution >= 4 is 11.9 Å². The van der Waals surface area contributed by atoms with Gasteiger partial charge in [-0.3, -0.25) is 9.59 Å². The van der Waals surface area contributed by atoms with Crippen LogP contribution in [0.4, 0.5) is 0 Å². The van der Waals surface area contributed by atoms with E-state index in [2.05, 4.69) is 0 Å². The molecule has 0 aromatic heterocycles. The van der Waals surface area contributed by atoms with Crippen molar-refractivity contribution in [1.29, 1.82) is 0 Å². The van der Waals surface area contributed by atoms with Gasteiger partial charge in [0, 0.05) is 0 Å². The van der Waals surface area contributed by atoms with Crippen LogP contribution in [-0.4, -0.2) is 24.6 Å². The van der Waals surface area contributed by atoms with E-state index in [9.17, 15) is 9.59 Å². The van der Waals surface area contributed by atoms with Crippen molar-refractivity contribution in [2.75, 3.05) is 6.61 Å². The number of hydrogen-bond acceptors (Lipinski definition) is 4. The van der Waals surface area contributed by atoms with Gasteiger partial charge in [-0.1, -0.05) is 6.92 Å². The lowest BCUT2D eigenvalue weighted by Crippen LogP contribution is -2.50. The second-order valence-electron chi connectivity index (χ2n) is 7.11. The Hall–Kier alpha value is -1.06. The number of hydrogen-bond donors (Lipinski definition) is 0. The summed E-state index contributed by atoms with van der Waals surface area (Å²) in [5.74, 6) is 2.41. The third-order valence-corrected chi connectivity index (χ3v) is 5.41. The van der Waals surface area contributed by atoms with Crippen molar-refractivity contribution in [1.82, 2.24) is 0 Å². The summed E-state index contributed by atoms with van der Waals surface area (Å²) in [5.41, 5.74) is 0. The van der Waals surface area contributed by atoms with Gasteiger partial charge in [-0.15, -0.1) is 0 Å². The first-order valence-electron chi connectivity index (χ1n) is 8.50. The van der Waals surface area contributed by atoms with Crippen LogP contribution in [0.2, 0.25) is 0 Å². The lowest BCUT2D eigenvalue weighted by molar-refractivity contribution is -0.172. The Balaban J connectivity index is 1.44. The molecular formula is C17H26O4. The number of carbonyl (C=O) groups excluding carboxylic acids is 2. The van der Waals surface area contributed by atoms with Crippen LogP contribution >= 0.6 is 0 Å². The van der Waals surface area contributed by atoms with Gasteiger partial charge in [-0.25, -0.2) is 0 Å². The van der Waals surface area contributed by atoms with Gasteiger partial charge in [0.1, 0.15) is 6.10 Å². The van der Waals surface area contributed by atoms with Crippen molar-refractivity contribution in [3.8, 4) is 0 Å². The Morgan fingerprint density at radius 2 is 1.48 bits per heavy atom. The maximum absolute atomic E-state index is 12.0. The average Bonchev–Trinajstić information content (AvgIpc) is 2.46. The molecule has 0 aromatic carbocycles. The van der Waals surface area contributed by atoms with Crippen LogP contribution in [0.15, 0.2) is 0 Å². The van der Waals surface area contributed by atoms with Gasteiger partial charge < -0.3 is 9.47 Å². The normalized spacial score (nSPS) is 36.5. The molecule has 0 N–H and O–H groups in total. The molecule has 0 heterocycles. The van der Waals surface area contributed by atoms with Gasteiger partial charge in [0.2, 0.25) is 0 Å². The van der Waals surface area contributed by atoms with E-state index in [-0.39, 0.29) is 30.9 Å². The van der Waals surface area contributed by atoms with Gasteiger partial charge >= 0.3 is 11.9 Å². The van der Waals surface area contributed by atoms with E-state index in [4.69, 9.17) is 9.47 Å². The Bertz CT molecular complexity index is 376. The maximum atomic E-state index is 12.0. The fraction of sp³-hybridized carbons (Fsp3) is 0.882. The van der Waals surface area contributed by atoms with Crippen LogP contribution in [-0.2, 0) is 19.1 Å². The quantitative estimate of drug-likeness (QED) is 0.706. The molecule has 0 saturated heterocycles. The zero-order valence-corrected chi connectivity index (χ0v) is 12.9. The molecule has 21 heavy (non-hydrogen) atoms. The summed E-state index contributed by atoms with van der Waals surface area (Å²) in [7, 11) is 0. The molecule has 4 nitrogen and oxygen atoms in total. The lowest BCUT2D eigenvalue weighted by Gasteiger charge is -2.53. The van der Waals surface area contributed by atoms with E-state index < -0.39 is 0 Å². The fourth-order valence-electron chi connectivity index (χ4n) is 4.77. The monoisotopic (exact) mass is 294 g/mol. The smallest absolute Gasteiger partial charge is 0.306 e. The van der Waals surface area contributed by atoms with Crippen LogP contribution in [0, 0.1) is 23.7 Å². The van der Waals surface area contributed by atoms with Gasteiger partial charge in [0.15, 0.2) is 0 Å². The minimum absolute atomic E-state index is 0.122. The van der Waals surface area contributed by atoms with Crippen molar-refractivity contribution < 1.29 is 19.1 Å². The van der Waals surface area contributed by atoms with Gasteiger partial charge in [-0.2, -0.15) is 0 Å². The highest BCUT2D eigenvalue weighted by molar-refractivity contribution is 5.77. The number of carbonyl (C=O) groups is 2. The number of rotatable bonds is 6.